The first kappa shape index (κ1) is 25.6. The molecule has 0 unspecified atom stereocenters. The van der Waals surface area contributed by atoms with Gasteiger partial charge in [0.15, 0.2) is 0 Å². The third-order valence-electron chi connectivity index (χ3n) is 8.08. The normalized spacial score (nSPS) is 22.5. The highest BCUT2D eigenvalue weighted by Crippen LogP contribution is 2.59. The molecule has 3 aliphatic rings. The van der Waals surface area contributed by atoms with E-state index in [1.165, 1.54) is 4.90 Å². The van der Waals surface area contributed by atoms with Gasteiger partial charge in [0, 0.05) is 11.8 Å². The number of allylic oxidation sites excluding steroid dienone is 3. The summed E-state index contributed by atoms with van der Waals surface area (Å²) in [7, 11) is 3.26. The number of anilines is 1. The number of ether oxygens (including phenoxy) is 3. The van der Waals surface area contributed by atoms with Gasteiger partial charge in [-0.05, 0) is 71.7 Å². The Bertz CT molecular complexity index is 1470. The van der Waals surface area contributed by atoms with Gasteiger partial charge in [-0.2, -0.15) is 0 Å². The van der Waals surface area contributed by atoms with Crippen molar-refractivity contribution in [2.75, 3.05) is 25.7 Å². The lowest BCUT2D eigenvalue weighted by molar-refractivity contribution is -0.122. The molecule has 202 valence electrons. The quantitative estimate of drug-likeness (QED) is 0.232. The van der Waals surface area contributed by atoms with Crippen molar-refractivity contribution in [3.63, 3.8) is 0 Å². The standard InChI is InChI=1S/C33H29NO6/c1-4-40-33(37)21-6-5-7-22(18-21)34-31(35)29-25-16-17-26(30(29)32(34)36)28(25)27(19-8-12-23(38-2)13-9-19)20-10-14-24(39-3)15-11-20/h5-18,25-26,29-30H,4H2,1-3H3/t25-,26-,29-,30-/m0/s1. The van der Waals surface area contributed by atoms with Crippen LogP contribution in [0.1, 0.15) is 28.4 Å². The summed E-state index contributed by atoms with van der Waals surface area (Å²) in [5.41, 5.74) is 4.76. The highest BCUT2D eigenvalue weighted by Gasteiger charge is 2.62. The van der Waals surface area contributed by atoms with Gasteiger partial charge in [-0.15, -0.1) is 0 Å². The number of methoxy groups -OCH3 is 2. The molecule has 2 bridgehead atoms. The van der Waals surface area contributed by atoms with Crippen molar-refractivity contribution in [1.29, 1.82) is 0 Å². The van der Waals surface area contributed by atoms with Crippen LogP contribution in [0.15, 0.2) is 90.5 Å². The molecule has 0 aromatic heterocycles. The number of nitrogens with zero attached hydrogens (tertiary/aromatic N) is 1. The Labute approximate surface area is 232 Å². The van der Waals surface area contributed by atoms with E-state index in [0.717, 1.165) is 33.8 Å². The van der Waals surface area contributed by atoms with E-state index < -0.39 is 17.8 Å². The first-order valence-electron chi connectivity index (χ1n) is 13.3. The molecule has 1 aliphatic heterocycles. The van der Waals surface area contributed by atoms with Crippen LogP contribution >= 0.6 is 0 Å². The summed E-state index contributed by atoms with van der Waals surface area (Å²) in [5, 5.41) is 0. The minimum atomic E-state index is -0.504. The second-order valence-corrected chi connectivity index (χ2v) is 10.1. The molecule has 1 heterocycles. The zero-order valence-corrected chi connectivity index (χ0v) is 22.5. The number of rotatable bonds is 7. The van der Waals surface area contributed by atoms with Crippen LogP contribution in [0.3, 0.4) is 0 Å². The Morgan fingerprint density at radius 1 is 0.750 bits per heavy atom. The third-order valence-corrected chi connectivity index (χ3v) is 8.08. The zero-order chi connectivity index (χ0) is 28.0. The van der Waals surface area contributed by atoms with Crippen molar-refractivity contribution in [1.82, 2.24) is 0 Å². The minimum absolute atomic E-state index is 0.219. The second-order valence-electron chi connectivity index (χ2n) is 10.1. The van der Waals surface area contributed by atoms with Crippen LogP contribution in [0.4, 0.5) is 5.69 Å². The molecule has 1 saturated carbocycles. The number of fused-ring (bicyclic) bond motifs is 5. The largest absolute Gasteiger partial charge is 0.497 e. The number of hydrogen-bond donors (Lipinski definition) is 0. The van der Waals surface area contributed by atoms with Crippen molar-refractivity contribution in [3.05, 3.63) is 107 Å². The first-order valence-corrected chi connectivity index (χ1v) is 13.3. The number of esters is 1. The van der Waals surface area contributed by atoms with Crippen molar-refractivity contribution in [3.8, 4) is 11.5 Å². The molecule has 40 heavy (non-hydrogen) atoms. The Hall–Kier alpha value is -4.65. The van der Waals surface area contributed by atoms with E-state index in [0.29, 0.717) is 11.3 Å². The summed E-state index contributed by atoms with van der Waals surface area (Å²) in [6.45, 7) is 1.97. The van der Waals surface area contributed by atoms with Crippen molar-refractivity contribution in [2.45, 2.75) is 6.92 Å². The summed E-state index contributed by atoms with van der Waals surface area (Å²) in [5.74, 6) is -0.919. The van der Waals surface area contributed by atoms with E-state index in [1.54, 1.807) is 45.4 Å². The monoisotopic (exact) mass is 535 g/mol. The summed E-state index contributed by atoms with van der Waals surface area (Å²) in [4.78, 5) is 41.4. The smallest absolute Gasteiger partial charge is 0.338 e. The van der Waals surface area contributed by atoms with Gasteiger partial charge in [-0.25, -0.2) is 9.69 Å². The lowest BCUT2D eigenvalue weighted by Crippen LogP contribution is -2.33. The molecule has 0 spiro atoms. The molecule has 2 amide bonds. The minimum Gasteiger partial charge on any atom is -0.497 e. The van der Waals surface area contributed by atoms with Crippen LogP contribution in [0.25, 0.3) is 5.57 Å². The van der Waals surface area contributed by atoms with Gasteiger partial charge in [0.25, 0.3) is 0 Å². The Morgan fingerprint density at radius 2 is 1.27 bits per heavy atom. The maximum Gasteiger partial charge on any atom is 0.338 e. The fraction of sp³-hybridized carbons (Fsp3) is 0.242. The van der Waals surface area contributed by atoms with Crippen LogP contribution in [-0.4, -0.2) is 38.6 Å². The van der Waals surface area contributed by atoms with Crippen LogP contribution < -0.4 is 14.4 Å². The number of carbonyl (C=O) groups is 3. The predicted molar refractivity (Wildman–Crippen MR) is 150 cm³/mol. The summed E-state index contributed by atoms with van der Waals surface area (Å²) in [6.07, 6.45) is 4.13. The Morgan fingerprint density at radius 3 is 1.75 bits per heavy atom. The molecule has 3 aromatic carbocycles. The average Bonchev–Trinajstić information content (AvgIpc) is 3.62. The molecule has 1 saturated heterocycles. The van der Waals surface area contributed by atoms with Crippen molar-refractivity contribution < 1.29 is 28.6 Å². The summed E-state index contributed by atoms with van der Waals surface area (Å²) < 4.78 is 15.9. The van der Waals surface area contributed by atoms with Gasteiger partial charge in [-0.3, -0.25) is 9.59 Å². The van der Waals surface area contributed by atoms with Gasteiger partial charge in [-0.1, -0.05) is 42.5 Å². The summed E-state index contributed by atoms with van der Waals surface area (Å²) in [6, 6.07) is 22.2. The number of imide groups is 1. The van der Waals surface area contributed by atoms with E-state index >= 15 is 0 Å². The molecule has 4 atom stereocenters. The Kier molecular flexibility index (Phi) is 6.50. The highest BCUT2D eigenvalue weighted by atomic mass is 16.5. The molecule has 6 rings (SSSR count). The highest BCUT2D eigenvalue weighted by molar-refractivity contribution is 6.23. The van der Waals surface area contributed by atoms with Crippen LogP contribution in [-0.2, 0) is 14.3 Å². The second kappa shape index (κ2) is 10.2. The van der Waals surface area contributed by atoms with Crippen LogP contribution in [0, 0.1) is 23.7 Å². The SMILES string of the molecule is CCOC(=O)c1cccc(N2C(=O)[C@@H]3[C@@H](C2=O)[C@H]2C=C[C@H]3C2=C(c2ccc(OC)cc2)c2ccc(OC)cc2)c1. The van der Waals surface area contributed by atoms with Gasteiger partial charge in [0.05, 0.1) is 43.9 Å². The molecule has 7 heteroatoms. The third kappa shape index (κ3) is 4.01. The van der Waals surface area contributed by atoms with E-state index in [-0.39, 0.29) is 30.3 Å². The van der Waals surface area contributed by atoms with E-state index in [1.807, 2.05) is 48.5 Å². The predicted octanol–water partition coefficient (Wildman–Crippen LogP) is 5.30. The molecule has 0 N–H and O–H groups in total. The number of hydrogen-bond acceptors (Lipinski definition) is 6. The fourth-order valence-electron chi connectivity index (χ4n) is 6.35. The maximum atomic E-state index is 13.9. The van der Waals surface area contributed by atoms with Gasteiger partial charge >= 0.3 is 5.97 Å². The lowest BCUT2D eigenvalue weighted by atomic mass is 9.85. The maximum absolute atomic E-state index is 13.9. The van der Waals surface area contributed by atoms with Gasteiger partial charge in [0.2, 0.25) is 11.8 Å². The number of amides is 2. The average molecular weight is 536 g/mol. The lowest BCUT2D eigenvalue weighted by Gasteiger charge is -2.22. The molecule has 2 fully saturated rings. The Balaban J connectivity index is 1.42. The molecule has 0 radical (unpaired) electrons. The van der Waals surface area contributed by atoms with Crippen LogP contribution in [0.2, 0.25) is 0 Å². The molecule has 2 aliphatic carbocycles. The topological polar surface area (TPSA) is 82.1 Å². The van der Waals surface area contributed by atoms with Crippen molar-refractivity contribution >= 4 is 29.0 Å². The van der Waals surface area contributed by atoms with E-state index in [9.17, 15) is 14.4 Å². The van der Waals surface area contributed by atoms with E-state index in [2.05, 4.69) is 12.2 Å². The molecular formula is C33H29NO6. The van der Waals surface area contributed by atoms with Gasteiger partial charge < -0.3 is 14.2 Å². The van der Waals surface area contributed by atoms with Crippen molar-refractivity contribution in [2.24, 2.45) is 23.7 Å². The number of benzene rings is 3. The fourth-order valence-corrected chi connectivity index (χ4v) is 6.35. The molecule has 7 nitrogen and oxygen atoms in total. The first-order chi connectivity index (χ1) is 19.5. The molecule has 3 aromatic rings. The van der Waals surface area contributed by atoms with E-state index in [4.69, 9.17) is 14.2 Å². The van der Waals surface area contributed by atoms with Gasteiger partial charge in [0.1, 0.15) is 11.5 Å². The zero-order valence-electron chi connectivity index (χ0n) is 22.5. The molecular weight excluding hydrogens is 506 g/mol. The summed E-state index contributed by atoms with van der Waals surface area (Å²) >= 11 is 0. The van der Waals surface area contributed by atoms with Crippen LogP contribution in [0.5, 0.6) is 11.5 Å². The number of carbonyl (C=O) groups excluding carboxylic acids is 3.